The lowest BCUT2D eigenvalue weighted by Crippen LogP contribution is -2.44. The van der Waals surface area contributed by atoms with E-state index in [1.807, 2.05) is 0 Å². The standard InChI is InChI=1S/C9H20BrNO/c1-5-9(2,3)11(4)7-8(12)6-10/h8,12H,5-7H2,1-4H3. The van der Waals surface area contributed by atoms with Gasteiger partial charge in [0.05, 0.1) is 6.10 Å². The molecule has 1 unspecified atom stereocenters. The second-order valence-corrected chi connectivity index (χ2v) is 4.50. The van der Waals surface area contributed by atoms with Crippen molar-refractivity contribution in [3.63, 3.8) is 0 Å². The summed E-state index contributed by atoms with van der Waals surface area (Å²) in [5.74, 6) is 0. The van der Waals surface area contributed by atoms with E-state index in [9.17, 15) is 5.11 Å². The summed E-state index contributed by atoms with van der Waals surface area (Å²) in [4.78, 5) is 2.19. The second kappa shape index (κ2) is 5.20. The minimum Gasteiger partial charge on any atom is -0.391 e. The second-order valence-electron chi connectivity index (χ2n) is 3.85. The topological polar surface area (TPSA) is 23.5 Å². The summed E-state index contributed by atoms with van der Waals surface area (Å²) >= 11 is 3.26. The lowest BCUT2D eigenvalue weighted by molar-refractivity contribution is 0.0809. The van der Waals surface area contributed by atoms with Crippen molar-refractivity contribution in [2.24, 2.45) is 0 Å². The number of β-amino-alcohol motifs (C(OH)–C–C–N with tert-alkyl or cyclic N) is 1. The van der Waals surface area contributed by atoms with Crippen LogP contribution in [0.2, 0.25) is 0 Å². The first-order valence-corrected chi connectivity index (χ1v) is 5.51. The predicted molar refractivity (Wildman–Crippen MR) is 56.8 cm³/mol. The molecular formula is C9H20BrNO. The molecule has 74 valence electrons. The van der Waals surface area contributed by atoms with E-state index in [-0.39, 0.29) is 11.6 Å². The average Bonchev–Trinajstić information content (AvgIpc) is 2.04. The number of likely N-dealkylation sites (N-methyl/N-ethyl adjacent to an activating group) is 1. The Kier molecular flexibility index (Phi) is 5.37. The van der Waals surface area contributed by atoms with Gasteiger partial charge in [-0.3, -0.25) is 4.90 Å². The summed E-state index contributed by atoms with van der Waals surface area (Å²) in [5.41, 5.74) is 0.184. The van der Waals surface area contributed by atoms with Crippen LogP contribution in [0.1, 0.15) is 27.2 Å². The Morgan fingerprint density at radius 1 is 1.50 bits per heavy atom. The average molecular weight is 238 g/mol. The van der Waals surface area contributed by atoms with Crippen LogP contribution in [0.15, 0.2) is 0 Å². The lowest BCUT2D eigenvalue weighted by Gasteiger charge is -2.35. The highest BCUT2D eigenvalue weighted by Crippen LogP contribution is 2.16. The Labute approximate surface area is 84.1 Å². The van der Waals surface area contributed by atoms with Crippen molar-refractivity contribution in [2.75, 3.05) is 18.9 Å². The lowest BCUT2D eigenvalue weighted by atomic mass is 10.00. The molecule has 0 aromatic rings. The van der Waals surface area contributed by atoms with E-state index >= 15 is 0 Å². The quantitative estimate of drug-likeness (QED) is 0.739. The first-order valence-electron chi connectivity index (χ1n) is 4.39. The van der Waals surface area contributed by atoms with Gasteiger partial charge in [-0.05, 0) is 27.3 Å². The molecule has 0 bridgehead atoms. The van der Waals surface area contributed by atoms with E-state index in [1.54, 1.807) is 0 Å². The van der Waals surface area contributed by atoms with Gasteiger partial charge >= 0.3 is 0 Å². The van der Waals surface area contributed by atoms with Crippen LogP contribution in [0.5, 0.6) is 0 Å². The SMILES string of the molecule is CCC(C)(C)N(C)CC(O)CBr. The minimum atomic E-state index is -0.263. The van der Waals surface area contributed by atoms with Crippen LogP contribution in [-0.4, -0.2) is 40.6 Å². The molecule has 1 atom stereocenters. The molecular weight excluding hydrogens is 218 g/mol. The number of alkyl halides is 1. The van der Waals surface area contributed by atoms with Gasteiger partial charge in [0.2, 0.25) is 0 Å². The van der Waals surface area contributed by atoms with Gasteiger partial charge in [0.1, 0.15) is 0 Å². The van der Waals surface area contributed by atoms with Crippen LogP contribution < -0.4 is 0 Å². The molecule has 0 saturated carbocycles. The highest BCUT2D eigenvalue weighted by molar-refractivity contribution is 9.09. The number of hydrogen-bond acceptors (Lipinski definition) is 2. The summed E-state index contributed by atoms with van der Waals surface area (Å²) in [5, 5.41) is 10.0. The molecule has 0 aliphatic heterocycles. The normalized spacial score (nSPS) is 15.2. The van der Waals surface area contributed by atoms with Gasteiger partial charge in [0.25, 0.3) is 0 Å². The Morgan fingerprint density at radius 2 is 2.00 bits per heavy atom. The maximum Gasteiger partial charge on any atom is 0.0763 e. The minimum absolute atomic E-state index is 0.184. The van der Waals surface area contributed by atoms with Crippen LogP contribution >= 0.6 is 15.9 Å². The first-order chi connectivity index (χ1) is 5.44. The molecule has 2 nitrogen and oxygen atoms in total. The third-order valence-corrected chi connectivity index (χ3v) is 3.31. The maximum atomic E-state index is 9.40. The molecule has 12 heavy (non-hydrogen) atoms. The number of nitrogens with zero attached hydrogens (tertiary/aromatic N) is 1. The van der Waals surface area contributed by atoms with Crippen molar-refractivity contribution >= 4 is 15.9 Å². The van der Waals surface area contributed by atoms with Crippen LogP contribution in [0.25, 0.3) is 0 Å². The Morgan fingerprint density at radius 3 is 2.33 bits per heavy atom. The molecule has 0 radical (unpaired) electrons. The molecule has 0 rings (SSSR count). The zero-order valence-corrected chi connectivity index (χ0v) is 10.1. The van der Waals surface area contributed by atoms with Gasteiger partial charge in [-0.2, -0.15) is 0 Å². The smallest absolute Gasteiger partial charge is 0.0763 e. The third kappa shape index (κ3) is 3.87. The summed E-state index contributed by atoms with van der Waals surface area (Å²) in [6.07, 6.45) is 0.833. The first kappa shape index (κ1) is 12.4. The van der Waals surface area contributed by atoms with Gasteiger partial charge in [-0.25, -0.2) is 0 Å². The highest BCUT2D eigenvalue weighted by Gasteiger charge is 2.22. The van der Waals surface area contributed by atoms with E-state index in [0.717, 1.165) is 13.0 Å². The van der Waals surface area contributed by atoms with Gasteiger partial charge in [0.15, 0.2) is 0 Å². The highest BCUT2D eigenvalue weighted by atomic mass is 79.9. The van der Waals surface area contributed by atoms with Crippen molar-refractivity contribution in [3.05, 3.63) is 0 Å². The fraction of sp³-hybridized carbons (Fsp3) is 1.00. The fourth-order valence-corrected chi connectivity index (χ4v) is 1.09. The molecule has 0 spiro atoms. The van der Waals surface area contributed by atoms with E-state index < -0.39 is 0 Å². The van der Waals surface area contributed by atoms with E-state index in [0.29, 0.717) is 5.33 Å². The van der Waals surface area contributed by atoms with Crippen molar-refractivity contribution in [1.29, 1.82) is 0 Å². The third-order valence-electron chi connectivity index (χ3n) is 2.56. The summed E-state index contributed by atoms with van der Waals surface area (Å²) in [7, 11) is 2.05. The van der Waals surface area contributed by atoms with Gasteiger partial charge < -0.3 is 5.11 Å². The number of rotatable bonds is 5. The predicted octanol–water partition coefficient (Wildman–Crippen LogP) is 1.86. The molecule has 0 fully saturated rings. The fourth-order valence-electron chi connectivity index (χ4n) is 0.882. The maximum absolute atomic E-state index is 9.40. The Balaban J connectivity index is 3.93. The van der Waals surface area contributed by atoms with Crippen molar-refractivity contribution < 1.29 is 5.11 Å². The number of aliphatic hydroxyl groups excluding tert-OH is 1. The van der Waals surface area contributed by atoms with Crippen LogP contribution in [0, 0.1) is 0 Å². The van der Waals surface area contributed by atoms with Gasteiger partial charge in [-0.1, -0.05) is 22.9 Å². The van der Waals surface area contributed by atoms with Crippen LogP contribution in [0.4, 0.5) is 0 Å². The van der Waals surface area contributed by atoms with E-state index in [1.165, 1.54) is 0 Å². The largest absolute Gasteiger partial charge is 0.391 e. The van der Waals surface area contributed by atoms with Crippen molar-refractivity contribution in [3.8, 4) is 0 Å². The monoisotopic (exact) mass is 237 g/mol. The summed E-state index contributed by atoms with van der Waals surface area (Å²) in [6, 6.07) is 0. The number of halogens is 1. The molecule has 3 heteroatoms. The molecule has 0 aliphatic carbocycles. The van der Waals surface area contributed by atoms with Crippen molar-refractivity contribution in [1.82, 2.24) is 4.90 Å². The molecule has 0 aromatic heterocycles. The van der Waals surface area contributed by atoms with Crippen molar-refractivity contribution in [2.45, 2.75) is 38.8 Å². The van der Waals surface area contributed by atoms with Gasteiger partial charge in [-0.15, -0.1) is 0 Å². The van der Waals surface area contributed by atoms with Gasteiger partial charge in [0, 0.05) is 17.4 Å². The van der Waals surface area contributed by atoms with Crippen LogP contribution in [-0.2, 0) is 0 Å². The molecule has 0 aliphatic rings. The van der Waals surface area contributed by atoms with E-state index in [4.69, 9.17) is 0 Å². The zero-order chi connectivity index (χ0) is 9.78. The number of aliphatic hydroxyl groups is 1. The summed E-state index contributed by atoms with van der Waals surface area (Å²) < 4.78 is 0. The Bertz CT molecular complexity index is 128. The molecule has 0 saturated heterocycles. The zero-order valence-electron chi connectivity index (χ0n) is 8.47. The molecule has 1 N–H and O–H groups in total. The summed E-state index contributed by atoms with van der Waals surface area (Å²) in [6.45, 7) is 7.27. The molecule has 0 aromatic carbocycles. The van der Waals surface area contributed by atoms with E-state index in [2.05, 4.69) is 48.6 Å². The number of hydrogen-bond donors (Lipinski definition) is 1. The Hall–Kier alpha value is 0.400. The molecule has 0 heterocycles. The molecule has 0 amide bonds. The van der Waals surface area contributed by atoms with Crippen LogP contribution in [0.3, 0.4) is 0 Å².